The highest BCUT2D eigenvalue weighted by molar-refractivity contribution is 7.11. The van der Waals surface area contributed by atoms with Gasteiger partial charge in [-0.05, 0) is 26.0 Å². The zero-order chi connectivity index (χ0) is 13.1. The van der Waals surface area contributed by atoms with E-state index >= 15 is 0 Å². The number of carbonyl (C=O) groups excluding carboxylic acids is 1. The Labute approximate surface area is 109 Å². The molecule has 0 aromatic carbocycles. The summed E-state index contributed by atoms with van der Waals surface area (Å²) in [7, 11) is 0. The molecule has 0 saturated heterocycles. The molecule has 96 valence electrons. The number of nitrogens with zero attached hydrogens (tertiary/aromatic N) is 1. The van der Waals surface area contributed by atoms with Crippen LogP contribution >= 0.6 is 11.3 Å². The van der Waals surface area contributed by atoms with E-state index in [1.54, 1.807) is 11.3 Å². The number of nitrogens with two attached hydrogens (primary N) is 1. The molecule has 0 aliphatic carbocycles. The zero-order valence-corrected chi connectivity index (χ0v) is 11.2. The molecule has 1 atom stereocenters. The van der Waals surface area contributed by atoms with Crippen molar-refractivity contribution >= 4 is 22.9 Å². The Morgan fingerprint density at radius 3 is 2.94 bits per heavy atom. The van der Waals surface area contributed by atoms with E-state index < -0.39 is 0 Å². The molecule has 2 aromatic rings. The van der Waals surface area contributed by atoms with Crippen molar-refractivity contribution in [2.24, 2.45) is 0 Å². The predicted molar refractivity (Wildman–Crippen MR) is 72.7 cm³/mol. The fourth-order valence-electron chi connectivity index (χ4n) is 1.72. The summed E-state index contributed by atoms with van der Waals surface area (Å²) in [6.45, 7) is 4.04. The Morgan fingerprint density at radius 2 is 2.39 bits per heavy atom. The molecule has 0 fully saturated rings. The quantitative estimate of drug-likeness (QED) is 0.786. The van der Waals surface area contributed by atoms with Gasteiger partial charge in [0.15, 0.2) is 0 Å². The van der Waals surface area contributed by atoms with Gasteiger partial charge in [0, 0.05) is 22.2 Å². The van der Waals surface area contributed by atoms with Crippen molar-refractivity contribution in [3.8, 4) is 0 Å². The number of nitrogen functional groups attached to an aromatic ring is 1. The second kappa shape index (κ2) is 5.22. The highest BCUT2D eigenvalue weighted by Gasteiger charge is 2.14. The molecule has 1 unspecified atom stereocenters. The van der Waals surface area contributed by atoms with Gasteiger partial charge in [0.1, 0.15) is 5.69 Å². The number of rotatable bonds is 4. The van der Waals surface area contributed by atoms with Gasteiger partial charge in [0.2, 0.25) is 0 Å². The third-order valence-corrected chi connectivity index (χ3v) is 3.60. The third-order valence-electron chi connectivity index (χ3n) is 2.58. The van der Waals surface area contributed by atoms with Crippen molar-refractivity contribution in [1.29, 1.82) is 0 Å². The molecule has 0 radical (unpaired) electrons. The van der Waals surface area contributed by atoms with Gasteiger partial charge in [0.05, 0.1) is 11.9 Å². The van der Waals surface area contributed by atoms with Gasteiger partial charge >= 0.3 is 0 Å². The molecule has 0 saturated carbocycles. The average Bonchev–Trinajstić information content (AvgIpc) is 2.87. The molecule has 0 aliphatic rings. The van der Waals surface area contributed by atoms with Crippen molar-refractivity contribution in [2.75, 3.05) is 5.73 Å². The average molecular weight is 264 g/mol. The Hall–Kier alpha value is -1.82. The first-order chi connectivity index (χ1) is 8.56. The maximum atomic E-state index is 11.9. The van der Waals surface area contributed by atoms with Crippen LogP contribution < -0.4 is 11.1 Å². The number of hydrogen-bond donors (Lipinski definition) is 3. The van der Waals surface area contributed by atoms with Crippen molar-refractivity contribution in [3.63, 3.8) is 0 Å². The number of thiophene rings is 1. The summed E-state index contributed by atoms with van der Waals surface area (Å²) < 4.78 is 0. The number of aromatic amines is 1. The van der Waals surface area contributed by atoms with Gasteiger partial charge in [-0.2, -0.15) is 5.10 Å². The second-order valence-corrected chi connectivity index (χ2v) is 5.66. The SMILES string of the molecule is Cc1ccc(CC(C)NC(=O)c2[nH]ncc2N)s1. The molecule has 0 aliphatic heterocycles. The monoisotopic (exact) mass is 264 g/mol. The first kappa shape index (κ1) is 12.6. The highest BCUT2D eigenvalue weighted by atomic mass is 32.1. The van der Waals surface area contributed by atoms with Crippen LogP contribution in [0.4, 0.5) is 5.69 Å². The maximum absolute atomic E-state index is 11.9. The maximum Gasteiger partial charge on any atom is 0.271 e. The lowest BCUT2D eigenvalue weighted by atomic mass is 10.2. The first-order valence-corrected chi connectivity index (χ1v) is 6.53. The molecule has 0 bridgehead atoms. The van der Waals surface area contributed by atoms with Crippen LogP contribution in [0.5, 0.6) is 0 Å². The van der Waals surface area contributed by atoms with Crippen LogP contribution in [0.2, 0.25) is 0 Å². The van der Waals surface area contributed by atoms with Crippen molar-refractivity contribution in [2.45, 2.75) is 26.3 Å². The highest BCUT2D eigenvalue weighted by Crippen LogP contribution is 2.17. The molecular formula is C12H16N4OS. The van der Waals surface area contributed by atoms with Gasteiger partial charge in [0.25, 0.3) is 5.91 Å². The lowest BCUT2D eigenvalue weighted by Crippen LogP contribution is -2.34. The van der Waals surface area contributed by atoms with Gasteiger partial charge in [-0.3, -0.25) is 9.89 Å². The Balaban J connectivity index is 1.93. The zero-order valence-electron chi connectivity index (χ0n) is 10.4. The van der Waals surface area contributed by atoms with Crippen LogP contribution in [0.15, 0.2) is 18.3 Å². The molecule has 18 heavy (non-hydrogen) atoms. The minimum atomic E-state index is -0.217. The van der Waals surface area contributed by atoms with Crippen LogP contribution in [0.25, 0.3) is 0 Å². The van der Waals surface area contributed by atoms with Gasteiger partial charge in [-0.15, -0.1) is 11.3 Å². The van der Waals surface area contributed by atoms with E-state index in [0.29, 0.717) is 11.4 Å². The van der Waals surface area contributed by atoms with Gasteiger partial charge in [-0.25, -0.2) is 0 Å². The van der Waals surface area contributed by atoms with E-state index in [-0.39, 0.29) is 11.9 Å². The molecule has 2 rings (SSSR count). The third kappa shape index (κ3) is 2.89. The predicted octanol–water partition coefficient (Wildman–Crippen LogP) is 1.72. The van der Waals surface area contributed by atoms with Gasteiger partial charge < -0.3 is 11.1 Å². The van der Waals surface area contributed by atoms with E-state index in [9.17, 15) is 4.79 Å². The number of amides is 1. The molecule has 2 heterocycles. The molecule has 5 nitrogen and oxygen atoms in total. The van der Waals surface area contributed by atoms with Crippen LogP contribution in [-0.4, -0.2) is 22.1 Å². The van der Waals surface area contributed by atoms with Crippen LogP contribution in [0.3, 0.4) is 0 Å². The number of hydrogen-bond acceptors (Lipinski definition) is 4. The summed E-state index contributed by atoms with van der Waals surface area (Å²) in [5.74, 6) is -0.217. The standard InChI is InChI=1S/C12H16N4OS/c1-7(5-9-4-3-8(2)18-9)15-12(17)11-10(13)6-14-16-11/h3-4,6-7H,5,13H2,1-2H3,(H,14,16)(H,15,17). The van der Waals surface area contributed by atoms with Crippen molar-refractivity contribution in [3.05, 3.63) is 33.8 Å². The lowest BCUT2D eigenvalue weighted by molar-refractivity contribution is 0.0936. The van der Waals surface area contributed by atoms with Crippen LogP contribution in [0, 0.1) is 6.92 Å². The minimum Gasteiger partial charge on any atom is -0.396 e. The van der Waals surface area contributed by atoms with E-state index in [1.165, 1.54) is 16.0 Å². The number of aryl methyl sites for hydroxylation is 1. The molecular weight excluding hydrogens is 248 g/mol. The second-order valence-electron chi connectivity index (χ2n) is 4.29. The van der Waals surface area contributed by atoms with E-state index in [0.717, 1.165) is 6.42 Å². The van der Waals surface area contributed by atoms with Crippen molar-refractivity contribution in [1.82, 2.24) is 15.5 Å². The molecule has 1 amide bonds. The number of nitrogens with one attached hydrogen (secondary N) is 2. The van der Waals surface area contributed by atoms with Gasteiger partial charge in [-0.1, -0.05) is 0 Å². The fraction of sp³-hybridized carbons (Fsp3) is 0.333. The van der Waals surface area contributed by atoms with Crippen LogP contribution in [0.1, 0.15) is 27.2 Å². The summed E-state index contributed by atoms with van der Waals surface area (Å²) in [5, 5.41) is 9.22. The Morgan fingerprint density at radius 1 is 1.61 bits per heavy atom. The summed E-state index contributed by atoms with van der Waals surface area (Å²) in [4.78, 5) is 14.4. The fourth-order valence-corrected chi connectivity index (χ4v) is 2.74. The molecule has 2 aromatic heterocycles. The van der Waals surface area contributed by atoms with Crippen molar-refractivity contribution < 1.29 is 4.79 Å². The van der Waals surface area contributed by atoms with E-state index in [2.05, 4.69) is 34.6 Å². The summed E-state index contributed by atoms with van der Waals surface area (Å²) >= 11 is 1.75. The number of anilines is 1. The summed E-state index contributed by atoms with van der Waals surface area (Å²) in [5.41, 5.74) is 6.31. The smallest absolute Gasteiger partial charge is 0.271 e. The Kier molecular flexibility index (Phi) is 3.66. The normalized spacial score (nSPS) is 12.3. The molecule has 4 N–H and O–H groups in total. The lowest BCUT2D eigenvalue weighted by Gasteiger charge is -2.12. The van der Waals surface area contributed by atoms with E-state index in [4.69, 9.17) is 5.73 Å². The van der Waals surface area contributed by atoms with Crippen LogP contribution in [-0.2, 0) is 6.42 Å². The minimum absolute atomic E-state index is 0.0539. The summed E-state index contributed by atoms with van der Waals surface area (Å²) in [6.07, 6.45) is 2.25. The number of H-pyrrole nitrogens is 1. The van der Waals surface area contributed by atoms with E-state index in [1.807, 2.05) is 6.92 Å². The molecule has 0 spiro atoms. The largest absolute Gasteiger partial charge is 0.396 e. The Bertz CT molecular complexity index is 546. The number of aromatic nitrogens is 2. The molecule has 6 heteroatoms. The summed E-state index contributed by atoms with van der Waals surface area (Å²) in [6, 6.07) is 4.23. The number of carbonyl (C=O) groups is 1. The first-order valence-electron chi connectivity index (χ1n) is 5.71. The topological polar surface area (TPSA) is 83.8 Å².